The van der Waals surface area contributed by atoms with Crippen LogP contribution in [0.15, 0.2) is 47.5 Å². The second-order valence-corrected chi connectivity index (χ2v) is 5.19. The molecule has 0 bridgehead atoms. The highest BCUT2D eigenvalue weighted by Crippen LogP contribution is 2.21. The number of ether oxygens (including phenoxy) is 1. The molecular weight excluding hydrogens is 427 g/mol. The third-order valence-electron chi connectivity index (χ3n) is 3.10. The molecule has 0 aliphatic heterocycles. The van der Waals surface area contributed by atoms with Crippen molar-refractivity contribution in [3.05, 3.63) is 59.2 Å². The van der Waals surface area contributed by atoms with Gasteiger partial charge in [0.1, 0.15) is 5.75 Å². The molecule has 2 aromatic carbocycles. The van der Waals surface area contributed by atoms with Crippen LogP contribution in [0.1, 0.15) is 16.7 Å². The van der Waals surface area contributed by atoms with E-state index in [1.165, 1.54) is 6.07 Å². The van der Waals surface area contributed by atoms with Crippen molar-refractivity contribution in [1.29, 1.82) is 0 Å². The van der Waals surface area contributed by atoms with Crippen molar-refractivity contribution in [2.75, 3.05) is 5.32 Å². The summed E-state index contributed by atoms with van der Waals surface area (Å²) in [5, 5.41) is 2.99. The predicted octanol–water partition coefficient (Wildman–Crippen LogP) is 4.45. The van der Waals surface area contributed by atoms with E-state index < -0.39 is 6.61 Å². The number of alkyl halides is 2. The first-order valence-electron chi connectivity index (χ1n) is 7.12. The first kappa shape index (κ1) is 20.1. The molecule has 3 N–H and O–H groups in total. The Morgan fingerprint density at radius 1 is 1.17 bits per heavy atom. The summed E-state index contributed by atoms with van der Waals surface area (Å²) in [6, 6.07) is 12.5. The summed E-state index contributed by atoms with van der Waals surface area (Å²) in [6.07, 6.45) is 0. The van der Waals surface area contributed by atoms with Crippen molar-refractivity contribution in [2.24, 2.45) is 10.7 Å². The summed E-state index contributed by atoms with van der Waals surface area (Å²) < 4.78 is 29.2. The second-order valence-electron chi connectivity index (χ2n) is 5.19. The van der Waals surface area contributed by atoms with Crippen molar-refractivity contribution < 1.29 is 13.5 Å². The molecule has 0 saturated heterocycles. The van der Waals surface area contributed by atoms with Gasteiger partial charge in [0.2, 0.25) is 0 Å². The molecule has 0 aromatic heterocycles. The number of rotatable bonds is 5. The second kappa shape index (κ2) is 9.41. The van der Waals surface area contributed by atoms with Gasteiger partial charge < -0.3 is 15.8 Å². The standard InChI is InChI=1S/C17H19F2N3O.HI/c1-11-7-12(2)9-14(8-11)22-17(20)21-10-13-5-3-4-6-15(13)23-16(18)19;/h3-9,16H,10H2,1-2H3,(H3,20,21,22);1H. The van der Waals surface area contributed by atoms with E-state index >= 15 is 0 Å². The summed E-state index contributed by atoms with van der Waals surface area (Å²) in [7, 11) is 0. The van der Waals surface area contributed by atoms with Crippen LogP contribution in [-0.4, -0.2) is 12.6 Å². The molecule has 24 heavy (non-hydrogen) atoms. The molecule has 0 fully saturated rings. The molecule has 0 aliphatic rings. The molecule has 130 valence electrons. The number of aliphatic imine (C=N–C) groups is 1. The van der Waals surface area contributed by atoms with Gasteiger partial charge in [-0.25, -0.2) is 4.99 Å². The molecule has 0 radical (unpaired) electrons. The third-order valence-corrected chi connectivity index (χ3v) is 3.10. The zero-order valence-electron chi connectivity index (χ0n) is 13.4. The summed E-state index contributed by atoms with van der Waals surface area (Å²) in [6.45, 7) is 1.25. The molecule has 0 amide bonds. The highest BCUT2D eigenvalue weighted by Gasteiger charge is 2.08. The Morgan fingerprint density at radius 2 is 1.79 bits per heavy atom. The lowest BCUT2D eigenvalue weighted by molar-refractivity contribution is -0.0504. The minimum Gasteiger partial charge on any atom is -0.434 e. The van der Waals surface area contributed by atoms with Crippen LogP contribution < -0.4 is 15.8 Å². The maximum atomic E-state index is 12.4. The van der Waals surface area contributed by atoms with Gasteiger partial charge in [-0.05, 0) is 43.2 Å². The lowest BCUT2D eigenvalue weighted by Crippen LogP contribution is -2.22. The van der Waals surface area contributed by atoms with Crippen molar-refractivity contribution in [3.63, 3.8) is 0 Å². The SMILES string of the molecule is Cc1cc(C)cc(NC(N)=NCc2ccccc2OC(F)F)c1.I. The maximum absolute atomic E-state index is 12.4. The van der Waals surface area contributed by atoms with Gasteiger partial charge in [0, 0.05) is 11.3 Å². The largest absolute Gasteiger partial charge is 0.434 e. The van der Waals surface area contributed by atoms with Crippen molar-refractivity contribution >= 4 is 35.6 Å². The Hall–Kier alpha value is -1.90. The summed E-state index contributed by atoms with van der Waals surface area (Å²) in [5.41, 5.74) is 9.44. The van der Waals surface area contributed by atoms with Gasteiger partial charge in [-0.1, -0.05) is 24.3 Å². The predicted molar refractivity (Wildman–Crippen MR) is 103 cm³/mol. The van der Waals surface area contributed by atoms with Crippen molar-refractivity contribution in [1.82, 2.24) is 0 Å². The van der Waals surface area contributed by atoms with Crippen LogP contribution in [0.4, 0.5) is 14.5 Å². The van der Waals surface area contributed by atoms with Crippen LogP contribution in [0.2, 0.25) is 0 Å². The Bertz CT molecular complexity index is 688. The van der Waals surface area contributed by atoms with Crippen molar-refractivity contribution in [3.8, 4) is 5.75 Å². The number of guanidine groups is 1. The third kappa shape index (κ3) is 6.31. The number of nitrogens with two attached hydrogens (primary N) is 1. The van der Waals surface area contributed by atoms with E-state index in [0.29, 0.717) is 5.56 Å². The molecular formula is C17H20F2IN3O. The Labute approximate surface area is 157 Å². The fraction of sp³-hybridized carbons (Fsp3) is 0.235. The van der Waals surface area contributed by atoms with E-state index in [9.17, 15) is 8.78 Å². The van der Waals surface area contributed by atoms with Gasteiger partial charge in [0.15, 0.2) is 5.96 Å². The van der Waals surface area contributed by atoms with Gasteiger partial charge in [-0.3, -0.25) is 0 Å². The monoisotopic (exact) mass is 447 g/mol. The fourth-order valence-electron chi connectivity index (χ4n) is 2.25. The average Bonchev–Trinajstić information content (AvgIpc) is 2.44. The topological polar surface area (TPSA) is 59.6 Å². The number of hydrogen-bond donors (Lipinski definition) is 2. The Balaban J connectivity index is 0.00000288. The molecule has 2 rings (SSSR count). The maximum Gasteiger partial charge on any atom is 0.387 e. The quantitative estimate of drug-likeness (QED) is 0.405. The van der Waals surface area contributed by atoms with E-state index in [0.717, 1.165) is 16.8 Å². The molecule has 0 heterocycles. The summed E-state index contributed by atoms with van der Waals surface area (Å²) in [5.74, 6) is 0.312. The number of nitrogens with zero attached hydrogens (tertiary/aromatic N) is 1. The van der Waals surface area contributed by atoms with E-state index in [1.54, 1.807) is 18.2 Å². The fourth-order valence-corrected chi connectivity index (χ4v) is 2.25. The lowest BCUT2D eigenvalue weighted by Gasteiger charge is -2.10. The van der Waals surface area contributed by atoms with E-state index in [2.05, 4.69) is 21.1 Å². The summed E-state index contributed by atoms with van der Waals surface area (Å²) >= 11 is 0. The minimum atomic E-state index is -2.87. The van der Waals surface area contributed by atoms with Gasteiger partial charge in [-0.2, -0.15) is 8.78 Å². The molecule has 2 aromatic rings. The molecule has 0 atom stereocenters. The average molecular weight is 447 g/mol. The zero-order chi connectivity index (χ0) is 16.8. The number of benzene rings is 2. The highest BCUT2D eigenvalue weighted by molar-refractivity contribution is 14.0. The van der Waals surface area contributed by atoms with Gasteiger partial charge in [0.25, 0.3) is 0 Å². The molecule has 0 unspecified atom stereocenters. The van der Waals surface area contributed by atoms with E-state index in [1.807, 2.05) is 26.0 Å². The van der Waals surface area contributed by atoms with E-state index in [-0.39, 0.29) is 42.2 Å². The van der Waals surface area contributed by atoms with Gasteiger partial charge in [-0.15, -0.1) is 24.0 Å². The first-order valence-corrected chi connectivity index (χ1v) is 7.12. The van der Waals surface area contributed by atoms with Crippen LogP contribution in [0.25, 0.3) is 0 Å². The highest BCUT2D eigenvalue weighted by atomic mass is 127. The number of para-hydroxylation sites is 1. The van der Waals surface area contributed by atoms with Crippen LogP contribution >= 0.6 is 24.0 Å². The van der Waals surface area contributed by atoms with Crippen LogP contribution in [-0.2, 0) is 6.54 Å². The molecule has 0 saturated carbocycles. The molecule has 0 spiro atoms. The number of anilines is 1. The number of nitrogens with one attached hydrogen (secondary N) is 1. The zero-order valence-corrected chi connectivity index (χ0v) is 15.8. The number of halogens is 3. The molecule has 0 aliphatic carbocycles. The normalized spacial score (nSPS) is 11.1. The Kier molecular flexibility index (Phi) is 7.90. The lowest BCUT2D eigenvalue weighted by atomic mass is 10.1. The van der Waals surface area contributed by atoms with Gasteiger partial charge in [0.05, 0.1) is 6.54 Å². The van der Waals surface area contributed by atoms with Crippen LogP contribution in [0.5, 0.6) is 5.75 Å². The summed E-state index contributed by atoms with van der Waals surface area (Å²) in [4.78, 5) is 4.18. The smallest absolute Gasteiger partial charge is 0.387 e. The first-order chi connectivity index (χ1) is 10.9. The minimum absolute atomic E-state index is 0. The molecule has 7 heteroatoms. The number of aryl methyl sites for hydroxylation is 2. The Morgan fingerprint density at radius 3 is 2.42 bits per heavy atom. The van der Waals surface area contributed by atoms with Crippen LogP contribution in [0, 0.1) is 13.8 Å². The van der Waals surface area contributed by atoms with Gasteiger partial charge >= 0.3 is 6.61 Å². The molecule has 4 nitrogen and oxygen atoms in total. The van der Waals surface area contributed by atoms with E-state index in [4.69, 9.17) is 5.73 Å². The van der Waals surface area contributed by atoms with Crippen molar-refractivity contribution in [2.45, 2.75) is 27.0 Å². The number of hydrogen-bond acceptors (Lipinski definition) is 2. The van der Waals surface area contributed by atoms with Crippen LogP contribution in [0.3, 0.4) is 0 Å².